The number of nitrogens with one attached hydrogen (secondary N) is 1. The molecule has 0 unspecified atom stereocenters. The van der Waals surface area contributed by atoms with E-state index in [1.807, 2.05) is 45.0 Å². The molecule has 0 atom stereocenters. The first-order valence-electron chi connectivity index (χ1n) is 9.18. The van der Waals surface area contributed by atoms with Gasteiger partial charge in [-0.1, -0.05) is 18.2 Å². The lowest BCUT2D eigenvalue weighted by atomic mass is 9.86. The molecule has 1 aromatic carbocycles. The maximum absolute atomic E-state index is 12.2. The van der Waals surface area contributed by atoms with Gasteiger partial charge in [-0.2, -0.15) is 0 Å². The van der Waals surface area contributed by atoms with E-state index in [0.29, 0.717) is 12.6 Å². The first kappa shape index (κ1) is 23.7. The van der Waals surface area contributed by atoms with Crippen molar-refractivity contribution in [1.82, 2.24) is 0 Å². The summed E-state index contributed by atoms with van der Waals surface area (Å²) in [7, 11) is 1.66. The fourth-order valence-electron chi connectivity index (χ4n) is 3.12. The average Bonchev–Trinajstić information content (AvgIpc) is 2.56. The lowest BCUT2D eigenvalue weighted by Gasteiger charge is -2.28. The number of esters is 1. The van der Waals surface area contributed by atoms with Gasteiger partial charge in [-0.3, -0.25) is 4.79 Å². The highest BCUT2D eigenvalue weighted by Gasteiger charge is 2.29. The number of hydrogen-bond donors (Lipinski definition) is 2. The fraction of sp³-hybridized carbons (Fsp3) is 0.600. The maximum atomic E-state index is 12.2. The van der Waals surface area contributed by atoms with Gasteiger partial charge in [0.1, 0.15) is 5.60 Å². The Morgan fingerprint density at radius 1 is 1.22 bits per heavy atom. The summed E-state index contributed by atoms with van der Waals surface area (Å²) in [5, 5.41) is 3.16. The standard InChI is InChI=1S/C20H31N3O3.HI/c1-20(2,3)26-18(24)14-9-11-16(12-10-14)22-19(21)23-17-8-6-5-7-15(17)13-25-4;/h5-8,14,16H,9-13H2,1-4H3,(H3,21,22,23);1H. The Bertz CT molecular complexity index is 636. The Hall–Kier alpha value is -1.35. The highest BCUT2D eigenvalue weighted by Crippen LogP contribution is 2.28. The van der Waals surface area contributed by atoms with Crippen LogP contribution in [-0.2, 0) is 20.9 Å². The van der Waals surface area contributed by atoms with Gasteiger partial charge >= 0.3 is 5.97 Å². The molecular weight excluding hydrogens is 457 g/mol. The van der Waals surface area contributed by atoms with Crippen molar-refractivity contribution in [2.45, 2.75) is 64.7 Å². The highest BCUT2D eigenvalue weighted by atomic mass is 127. The second kappa shape index (κ2) is 10.8. The van der Waals surface area contributed by atoms with E-state index < -0.39 is 5.60 Å². The summed E-state index contributed by atoms with van der Waals surface area (Å²) in [6, 6.07) is 7.99. The molecule has 1 aromatic rings. The zero-order valence-corrected chi connectivity index (χ0v) is 19.0. The zero-order valence-electron chi connectivity index (χ0n) is 16.7. The molecule has 27 heavy (non-hydrogen) atoms. The average molecular weight is 489 g/mol. The number of para-hydroxylation sites is 1. The van der Waals surface area contributed by atoms with Gasteiger partial charge in [0.2, 0.25) is 0 Å². The normalized spacial score (nSPS) is 20.5. The lowest BCUT2D eigenvalue weighted by molar-refractivity contribution is -0.161. The number of anilines is 1. The van der Waals surface area contributed by atoms with Crippen LogP contribution in [0.1, 0.15) is 52.0 Å². The van der Waals surface area contributed by atoms with Crippen LogP contribution in [0, 0.1) is 5.92 Å². The Balaban J connectivity index is 0.00000364. The first-order valence-corrected chi connectivity index (χ1v) is 9.18. The molecule has 0 spiro atoms. The van der Waals surface area contributed by atoms with Crippen molar-refractivity contribution in [3.05, 3.63) is 29.8 Å². The minimum Gasteiger partial charge on any atom is -0.460 e. The number of nitrogens with two attached hydrogens (primary N) is 1. The summed E-state index contributed by atoms with van der Waals surface area (Å²) in [6.07, 6.45) is 3.26. The van der Waals surface area contributed by atoms with E-state index in [4.69, 9.17) is 15.2 Å². The van der Waals surface area contributed by atoms with E-state index in [2.05, 4.69) is 10.3 Å². The zero-order chi connectivity index (χ0) is 19.2. The molecule has 3 N–H and O–H groups in total. The third-order valence-corrected chi connectivity index (χ3v) is 4.34. The van der Waals surface area contributed by atoms with Crippen molar-refractivity contribution in [2.24, 2.45) is 16.6 Å². The molecule has 1 saturated carbocycles. The van der Waals surface area contributed by atoms with Crippen LogP contribution in [0.2, 0.25) is 0 Å². The van der Waals surface area contributed by atoms with Gasteiger partial charge in [0.15, 0.2) is 5.96 Å². The van der Waals surface area contributed by atoms with Gasteiger partial charge in [-0.15, -0.1) is 24.0 Å². The Morgan fingerprint density at radius 2 is 1.85 bits per heavy atom. The van der Waals surface area contributed by atoms with Gasteiger partial charge in [0, 0.05) is 18.4 Å². The summed E-state index contributed by atoms with van der Waals surface area (Å²) in [5.74, 6) is 0.270. The number of rotatable bonds is 5. The van der Waals surface area contributed by atoms with Crippen LogP contribution in [-0.4, -0.2) is 30.7 Å². The van der Waals surface area contributed by atoms with E-state index in [9.17, 15) is 4.79 Å². The molecule has 0 heterocycles. The van der Waals surface area contributed by atoms with Crippen LogP contribution in [0.25, 0.3) is 0 Å². The number of carbonyl (C=O) groups excluding carboxylic acids is 1. The van der Waals surface area contributed by atoms with Crippen molar-refractivity contribution >= 4 is 41.6 Å². The second-order valence-electron chi connectivity index (χ2n) is 7.77. The molecule has 7 heteroatoms. The molecule has 1 fully saturated rings. The maximum Gasteiger partial charge on any atom is 0.309 e. The number of ether oxygens (including phenoxy) is 2. The van der Waals surface area contributed by atoms with Gasteiger partial charge in [-0.25, -0.2) is 4.99 Å². The quantitative estimate of drug-likeness (QED) is 0.282. The molecule has 0 aromatic heterocycles. The number of methoxy groups -OCH3 is 1. The molecule has 2 rings (SSSR count). The Kier molecular flexibility index (Phi) is 9.52. The number of carbonyl (C=O) groups is 1. The van der Waals surface area contributed by atoms with Crippen molar-refractivity contribution < 1.29 is 14.3 Å². The molecule has 0 aliphatic heterocycles. The monoisotopic (exact) mass is 489 g/mol. The SMILES string of the molecule is COCc1ccccc1NC(N)=NC1CCC(C(=O)OC(C)(C)C)CC1.I. The largest absolute Gasteiger partial charge is 0.460 e. The molecular formula is C20H32IN3O3. The third kappa shape index (κ3) is 8.04. The Morgan fingerprint density at radius 3 is 2.44 bits per heavy atom. The van der Waals surface area contributed by atoms with Crippen LogP contribution in [0.4, 0.5) is 5.69 Å². The van der Waals surface area contributed by atoms with Crippen LogP contribution in [0.3, 0.4) is 0 Å². The van der Waals surface area contributed by atoms with Crippen molar-refractivity contribution in [2.75, 3.05) is 12.4 Å². The van der Waals surface area contributed by atoms with Crippen molar-refractivity contribution in [3.63, 3.8) is 0 Å². The van der Waals surface area contributed by atoms with Gasteiger partial charge in [0.05, 0.1) is 18.6 Å². The Labute approximate surface area is 179 Å². The fourth-order valence-corrected chi connectivity index (χ4v) is 3.12. The van der Waals surface area contributed by atoms with E-state index in [1.54, 1.807) is 7.11 Å². The second-order valence-corrected chi connectivity index (χ2v) is 7.77. The topological polar surface area (TPSA) is 85.9 Å². The molecule has 0 amide bonds. The summed E-state index contributed by atoms with van der Waals surface area (Å²) in [5.41, 5.74) is 7.58. The molecule has 1 aliphatic rings. The molecule has 1 aliphatic carbocycles. The first-order chi connectivity index (χ1) is 12.3. The van der Waals surface area contributed by atoms with Gasteiger partial charge < -0.3 is 20.5 Å². The van der Waals surface area contributed by atoms with E-state index in [1.165, 1.54) is 0 Å². The summed E-state index contributed by atoms with van der Waals surface area (Å²) >= 11 is 0. The predicted octanol–water partition coefficient (Wildman–Crippen LogP) is 4.08. The predicted molar refractivity (Wildman–Crippen MR) is 119 cm³/mol. The van der Waals surface area contributed by atoms with E-state index in [-0.39, 0.29) is 41.9 Å². The lowest BCUT2D eigenvalue weighted by Crippen LogP contribution is -2.32. The number of benzene rings is 1. The number of hydrogen-bond acceptors (Lipinski definition) is 4. The molecule has 152 valence electrons. The summed E-state index contributed by atoms with van der Waals surface area (Å²) in [4.78, 5) is 16.8. The van der Waals surface area contributed by atoms with E-state index in [0.717, 1.165) is 36.9 Å². The highest BCUT2D eigenvalue weighted by molar-refractivity contribution is 14.0. The van der Waals surface area contributed by atoms with Gasteiger partial charge in [0.25, 0.3) is 0 Å². The molecule has 0 bridgehead atoms. The molecule has 6 nitrogen and oxygen atoms in total. The van der Waals surface area contributed by atoms with Crippen molar-refractivity contribution in [1.29, 1.82) is 0 Å². The van der Waals surface area contributed by atoms with Crippen molar-refractivity contribution in [3.8, 4) is 0 Å². The smallest absolute Gasteiger partial charge is 0.309 e. The van der Waals surface area contributed by atoms with Crippen LogP contribution in [0.5, 0.6) is 0 Å². The number of aliphatic imine (C=N–C) groups is 1. The number of halogens is 1. The van der Waals surface area contributed by atoms with E-state index >= 15 is 0 Å². The molecule has 0 radical (unpaired) electrons. The van der Waals surface area contributed by atoms with Crippen LogP contribution in [0.15, 0.2) is 29.3 Å². The van der Waals surface area contributed by atoms with Gasteiger partial charge in [-0.05, 0) is 52.5 Å². The third-order valence-electron chi connectivity index (χ3n) is 4.34. The molecule has 0 saturated heterocycles. The van der Waals surface area contributed by atoms with Crippen LogP contribution >= 0.6 is 24.0 Å². The summed E-state index contributed by atoms with van der Waals surface area (Å²) < 4.78 is 10.7. The van der Waals surface area contributed by atoms with Crippen LogP contribution < -0.4 is 11.1 Å². The minimum atomic E-state index is -0.434. The minimum absolute atomic E-state index is 0. The number of nitrogens with zero attached hydrogens (tertiary/aromatic N) is 1. The summed E-state index contributed by atoms with van der Waals surface area (Å²) in [6.45, 7) is 6.20. The number of guanidine groups is 1.